The van der Waals surface area contributed by atoms with Crippen LogP contribution in [0, 0.1) is 0 Å². The first-order valence-electron chi connectivity index (χ1n) is 7.92. The van der Waals surface area contributed by atoms with Crippen molar-refractivity contribution in [3.63, 3.8) is 0 Å². The van der Waals surface area contributed by atoms with Gasteiger partial charge in [0.15, 0.2) is 0 Å². The molecular formula is C17H26AsO3. The minimum atomic E-state index is -0.0873. The molecule has 1 heterocycles. The van der Waals surface area contributed by atoms with Crippen molar-refractivity contribution in [3.8, 4) is 11.5 Å². The summed E-state index contributed by atoms with van der Waals surface area (Å²) in [7, 11) is 0. The first-order chi connectivity index (χ1) is 10.2. The van der Waals surface area contributed by atoms with E-state index in [2.05, 4.69) is 26.0 Å². The van der Waals surface area contributed by atoms with Crippen molar-refractivity contribution in [1.82, 2.24) is 0 Å². The van der Waals surface area contributed by atoms with Gasteiger partial charge in [-0.3, -0.25) is 0 Å². The van der Waals surface area contributed by atoms with Gasteiger partial charge in [0.05, 0.1) is 0 Å². The van der Waals surface area contributed by atoms with E-state index in [0.717, 1.165) is 36.0 Å². The van der Waals surface area contributed by atoms with Crippen LogP contribution in [-0.2, 0) is 6.42 Å². The van der Waals surface area contributed by atoms with Gasteiger partial charge < -0.3 is 0 Å². The number of unbranched alkanes of at least 4 members (excludes halogenated alkanes) is 2. The fourth-order valence-corrected chi connectivity index (χ4v) is 4.86. The Morgan fingerprint density at radius 1 is 1.24 bits per heavy atom. The molecule has 2 unspecified atom stereocenters. The normalized spacial score (nSPS) is 16.5. The van der Waals surface area contributed by atoms with Crippen LogP contribution in [0.3, 0.4) is 0 Å². The van der Waals surface area contributed by atoms with Crippen LogP contribution in [0.15, 0.2) is 18.2 Å². The summed E-state index contributed by atoms with van der Waals surface area (Å²) in [4.78, 5) is 0. The number of benzene rings is 1. The van der Waals surface area contributed by atoms with E-state index in [1.807, 2.05) is 6.07 Å². The van der Waals surface area contributed by atoms with E-state index in [9.17, 15) is 5.11 Å². The number of aliphatic hydroxyl groups is 1. The third-order valence-electron chi connectivity index (χ3n) is 3.74. The number of ether oxygens (including phenoxy) is 2. The molecule has 1 N–H and O–H groups in total. The minimum absolute atomic E-state index is 0.0873. The summed E-state index contributed by atoms with van der Waals surface area (Å²) in [6.45, 7) is 4.83. The van der Waals surface area contributed by atoms with Gasteiger partial charge in [-0.1, -0.05) is 0 Å². The molecule has 1 aromatic rings. The molecule has 1 aliphatic rings. The van der Waals surface area contributed by atoms with Crippen molar-refractivity contribution in [3.05, 3.63) is 23.8 Å². The molecule has 0 amide bonds. The van der Waals surface area contributed by atoms with Gasteiger partial charge in [-0.15, -0.1) is 0 Å². The van der Waals surface area contributed by atoms with Crippen LogP contribution in [0.25, 0.3) is 0 Å². The topological polar surface area (TPSA) is 38.7 Å². The van der Waals surface area contributed by atoms with Crippen LogP contribution in [-0.4, -0.2) is 33.8 Å². The maximum absolute atomic E-state index is 10.0. The van der Waals surface area contributed by atoms with E-state index in [1.165, 1.54) is 18.4 Å². The van der Waals surface area contributed by atoms with E-state index < -0.39 is 0 Å². The first kappa shape index (κ1) is 16.7. The van der Waals surface area contributed by atoms with Crippen molar-refractivity contribution in [2.75, 3.05) is 6.79 Å². The second-order valence-corrected chi connectivity index (χ2v) is 9.14. The third-order valence-corrected chi connectivity index (χ3v) is 6.75. The van der Waals surface area contributed by atoms with E-state index in [1.54, 1.807) is 0 Å². The third kappa shape index (κ3) is 5.56. The Balaban J connectivity index is 1.70. The molecule has 0 spiro atoms. The molecule has 0 saturated carbocycles. The molecule has 117 valence electrons. The van der Waals surface area contributed by atoms with Gasteiger partial charge in [-0.2, -0.15) is 0 Å². The Kier molecular flexibility index (Phi) is 6.92. The Morgan fingerprint density at radius 2 is 2.05 bits per heavy atom. The molecule has 2 rings (SSSR count). The molecule has 2 atom stereocenters. The van der Waals surface area contributed by atoms with Gasteiger partial charge in [-0.05, 0) is 0 Å². The fourth-order valence-electron chi connectivity index (χ4n) is 2.50. The molecule has 0 saturated heterocycles. The summed E-state index contributed by atoms with van der Waals surface area (Å²) in [5.41, 5.74) is 1.31. The fraction of sp³-hybridized carbons (Fsp3) is 0.647. The van der Waals surface area contributed by atoms with Crippen LogP contribution >= 0.6 is 0 Å². The van der Waals surface area contributed by atoms with E-state index in [-0.39, 0.29) is 21.9 Å². The predicted octanol–water partition coefficient (Wildman–Crippen LogP) is 3.83. The van der Waals surface area contributed by atoms with Crippen molar-refractivity contribution < 1.29 is 14.6 Å². The maximum atomic E-state index is 10.0. The molecular weight excluding hydrogens is 327 g/mol. The number of aliphatic hydroxyl groups excluding tert-OH is 1. The summed E-state index contributed by atoms with van der Waals surface area (Å²) >= 11 is 0.197. The average molecular weight is 353 g/mol. The quantitative estimate of drug-likeness (QED) is 0.542. The van der Waals surface area contributed by atoms with Crippen LogP contribution in [0.2, 0.25) is 9.91 Å². The van der Waals surface area contributed by atoms with Gasteiger partial charge in [0.2, 0.25) is 0 Å². The Labute approximate surface area is 134 Å². The molecule has 1 aromatic carbocycles. The summed E-state index contributed by atoms with van der Waals surface area (Å²) in [5.74, 6) is 1.72. The molecule has 3 nitrogen and oxygen atoms in total. The van der Waals surface area contributed by atoms with Gasteiger partial charge in [0, 0.05) is 0 Å². The standard InChI is InChI=1S/C17H26AsO3/c1-3-4-5-6-15(19)11-18-13(2)9-14-7-8-16-17(10-14)21-12-20-16/h7-8,10,13,15,19H,3-6,9,11-12H2,1-2H3. The Bertz CT molecular complexity index is 436. The van der Waals surface area contributed by atoms with E-state index >= 15 is 0 Å². The first-order valence-corrected chi connectivity index (χ1v) is 10.3. The summed E-state index contributed by atoms with van der Waals surface area (Å²) in [6, 6.07) is 6.22. The van der Waals surface area contributed by atoms with Crippen LogP contribution in [0.5, 0.6) is 11.5 Å². The molecule has 0 bridgehead atoms. The molecule has 0 fully saturated rings. The van der Waals surface area contributed by atoms with E-state index in [0.29, 0.717) is 11.5 Å². The molecule has 4 heteroatoms. The number of fused-ring (bicyclic) bond motifs is 1. The average Bonchev–Trinajstić information content (AvgIpc) is 2.93. The SMILES string of the molecule is CCCCCC(O)C[As]C(C)Cc1ccc2c(c1)OCO2. The van der Waals surface area contributed by atoms with Crippen LogP contribution in [0.1, 0.15) is 45.1 Å². The Morgan fingerprint density at radius 3 is 2.86 bits per heavy atom. The van der Waals surface area contributed by atoms with Gasteiger partial charge in [-0.25, -0.2) is 0 Å². The summed E-state index contributed by atoms with van der Waals surface area (Å²) in [5, 5.41) is 11.0. The number of hydrogen-bond donors (Lipinski definition) is 1. The second-order valence-electron chi connectivity index (χ2n) is 5.76. The number of hydrogen-bond acceptors (Lipinski definition) is 3. The van der Waals surface area contributed by atoms with Crippen LogP contribution in [0.4, 0.5) is 0 Å². The zero-order valence-electron chi connectivity index (χ0n) is 13.0. The van der Waals surface area contributed by atoms with Gasteiger partial charge >= 0.3 is 134 Å². The van der Waals surface area contributed by atoms with Crippen molar-refractivity contribution in [1.29, 1.82) is 0 Å². The predicted molar refractivity (Wildman–Crippen MR) is 86.4 cm³/mol. The van der Waals surface area contributed by atoms with Gasteiger partial charge in [0.25, 0.3) is 0 Å². The molecule has 1 radical (unpaired) electrons. The summed E-state index contributed by atoms with van der Waals surface area (Å²) < 4.78 is 11.4. The molecule has 21 heavy (non-hydrogen) atoms. The monoisotopic (exact) mass is 353 g/mol. The van der Waals surface area contributed by atoms with Crippen molar-refractivity contribution in [2.45, 2.75) is 62.0 Å². The number of rotatable bonds is 9. The van der Waals surface area contributed by atoms with Crippen LogP contribution < -0.4 is 9.47 Å². The molecule has 0 aliphatic carbocycles. The molecule has 1 aliphatic heterocycles. The van der Waals surface area contributed by atoms with E-state index in [4.69, 9.17) is 9.47 Å². The van der Waals surface area contributed by atoms with Gasteiger partial charge in [0.1, 0.15) is 0 Å². The zero-order chi connectivity index (χ0) is 15.1. The summed E-state index contributed by atoms with van der Waals surface area (Å²) in [6.07, 6.45) is 5.57. The van der Waals surface area contributed by atoms with Crippen molar-refractivity contribution in [2.24, 2.45) is 0 Å². The molecule has 0 aromatic heterocycles. The second kappa shape index (κ2) is 8.70. The Hall–Kier alpha value is -0.662. The van der Waals surface area contributed by atoms with Crippen molar-refractivity contribution >= 4 is 15.8 Å². The zero-order valence-corrected chi connectivity index (χ0v) is 14.9.